The molecule has 0 aromatic heterocycles. The maximum absolute atomic E-state index is 3.62. The molecule has 0 amide bonds. The molecule has 1 aliphatic rings. The van der Waals surface area contributed by atoms with Crippen LogP contribution in [0.2, 0.25) is 0 Å². The Morgan fingerprint density at radius 2 is 1.93 bits per heavy atom. The molecule has 2 rings (SSSR count). The molecule has 1 fully saturated rings. The third kappa shape index (κ3) is 3.10. The van der Waals surface area contributed by atoms with E-state index >= 15 is 0 Å². The highest BCUT2D eigenvalue weighted by molar-refractivity contribution is 14.1. The lowest BCUT2D eigenvalue weighted by Gasteiger charge is -2.18. The number of halogens is 1. The van der Waals surface area contributed by atoms with Crippen LogP contribution in [0.5, 0.6) is 0 Å². The van der Waals surface area contributed by atoms with E-state index in [4.69, 9.17) is 0 Å². The summed E-state index contributed by atoms with van der Waals surface area (Å²) in [5.41, 5.74) is 1.79. The molecule has 0 aliphatic heterocycles. The van der Waals surface area contributed by atoms with Gasteiger partial charge >= 0.3 is 0 Å². The van der Waals surface area contributed by atoms with Crippen molar-refractivity contribution in [3.05, 3.63) is 27.8 Å². The first-order valence-corrected chi connectivity index (χ1v) is 6.65. The van der Waals surface area contributed by atoms with Crippen LogP contribution in [0, 0.1) is 8.99 Å². The van der Waals surface area contributed by atoms with Crippen molar-refractivity contribution in [3.63, 3.8) is 0 Å². The summed E-state index contributed by atoms with van der Waals surface area (Å²) < 4.78 is 1.30. The fraction of sp³-hybridized carbons (Fsp3) is 0.538. The Kier molecular flexibility index (Phi) is 3.24. The maximum Gasteiger partial charge on any atom is 0.0343 e. The normalized spacial score (nSPS) is 24.1. The van der Waals surface area contributed by atoms with Crippen LogP contribution >= 0.6 is 22.6 Å². The third-order valence-electron chi connectivity index (χ3n) is 3.18. The monoisotopic (exact) mass is 315 g/mol. The molecule has 0 saturated heterocycles. The summed E-state index contributed by atoms with van der Waals surface area (Å²) in [6.07, 6.45) is 3.94. The van der Waals surface area contributed by atoms with Crippen LogP contribution in [0.25, 0.3) is 0 Å². The van der Waals surface area contributed by atoms with Crippen LogP contribution in [0.1, 0.15) is 33.1 Å². The van der Waals surface area contributed by atoms with Crippen molar-refractivity contribution in [2.75, 3.05) is 5.32 Å². The van der Waals surface area contributed by atoms with Crippen LogP contribution < -0.4 is 5.32 Å². The van der Waals surface area contributed by atoms with Gasteiger partial charge < -0.3 is 5.32 Å². The van der Waals surface area contributed by atoms with Gasteiger partial charge in [-0.15, -0.1) is 0 Å². The Bertz CT molecular complexity index is 329. The lowest BCUT2D eigenvalue weighted by atomic mass is 9.92. The number of anilines is 1. The number of benzene rings is 1. The van der Waals surface area contributed by atoms with Crippen LogP contribution in [0.15, 0.2) is 24.3 Å². The highest BCUT2D eigenvalue weighted by atomic mass is 127. The van der Waals surface area contributed by atoms with Gasteiger partial charge in [0, 0.05) is 15.3 Å². The molecule has 1 saturated carbocycles. The van der Waals surface area contributed by atoms with Crippen LogP contribution in [-0.2, 0) is 0 Å². The van der Waals surface area contributed by atoms with Gasteiger partial charge in [-0.3, -0.25) is 0 Å². The first-order valence-electron chi connectivity index (χ1n) is 5.57. The summed E-state index contributed by atoms with van der Waals surface area (Å²) in [6.45, 7) is 4.73. The van der Waals surface area contributed by atoms with Gasteiger partial charge in [0.05, 0.1) is 0 Å². The molecule has 1 N–H and O–H groups in total. The maximum atomic E-state index is 3.62. The molecule has 0 bridgehead atoms. The summed E-state index contributed by atoms with van der Waals surface area (Å²) in [6, 6.07) is 9.33. The minimum Gasteiger partial charge on any atom is -0.382 e. The second-order valence-corrected chi connectivity index (χ2v) is 6.50. The Hall–Kier alpha value is -0.250. The second-order valence-electron chi connectivity index (χ2n) is 5.26. The van der Waals surface area contributed by atoms with Crippen molar-refractivity contribution in [1.82, 2.24) is 0 Å². The molecular formula is C13H18IN. The zero-order chi connectivity index (χ0) is 10.9. The zero-order valence-corrected chi connectivity index (χ0v) is 11.5. The third-order valence-corrected chi connectivity index (χ3v) is 3.90. The number of hydrogen-bond donors (Lipinski definition) is 1. The highest BCUT2D eigenvalue weighted by Crippen LogP contribution is 2.38. The number of hydrogen-bond acceptors (Lipinski definition) is 1. The van der Waals surface area contributed by atoms with Gasteiger partial charge in [0.1, 0.15) is 0 Å². The fourth-order valence-electron chi connectivity index (χ4n) is 2.34. The van der Waals surface area contributed by atoms with Gasteiger partial charge in [0.15, 0.2) is 0 Å². The van der Waals surface area contributed by atoms with E-state index in [2.05, 4.69) is 66.0 Å². The van der Waals surface area contributed by atoms with E-state index in [0.29, 0.717) is 11.5 Å². The predicted molar refractivity (Wildman–Crippen MR) is 74.2 cm³/mol. The molecule has 1 unspecified atom stereocenters. The van der Waals surface area contributed by atoms with E-state index < -0.39 is 0 Å². The molecule has 1 aromatic rings. The summed E-state index contributed by atoms with van der Waals surface area (Å²) in [5.74, 6) is 0. The van der Waals surface area contributed by atoms with Gasteiger partial charge in [-0.25, -0.2) is 0 Å². The van der Waals surface area contributed by atoms with Gasteiger partial charge in [-0.2, -0.15) is 0 Å². The lowest BCUT2D eigenvalue weighted by molar-refractivity contribution is 0.378. The van der Waals surface area contributed by atoms with Crippen molar-refractivity contribution >= 4 is 28.3 Å². The summed E-state index contributed by atoms with van der Waals surface area (Å²) in [4.78, 5) is 0. The molecule has 1 atom stereocenters. The average Bonchev–Trinajstić information content (AvgIpc) is 2.50. The average molecular weight is 315 g/mol. The van der Waals surface area contributed by atoms with Crippen LogP contribution in [-0.4, -0.2) is 6.04 Å². The van der Waals surface area contributed by atoms with Gasteiger partial charge in [0.2, 0.25) is 0 Å². The topological polar surface area (TPSA) is 12.0 Å². The highest BCUT2D eigenvalue weighted by Gasteiger charge is 2.30. The van der Waals surface area contributed by atoms with Crippen molar-refractivity contribution in [1.29, 1.82) is 0 Å². The summed E-state index contributed by atoms with van der Waals surface area (Å²) in [5, 5.41) is 3.62. The molecular weight excluding hydrogens is 297 g/mol. The molecule has 1 aromatic carbocycles. The van der Waals surface area contributed by atoms with Crippen molar-refractivity contribution in [3.8, 4) is 0 Å². The molecule has 0 spiro atoms. The molecule has 2 heteroatoms. The second kappa shape index (κ2) is 4.32. The Morgan fingerprint density at radius 3 is 2.47 bits per heavy atom. The van der Waals surface area contributed by atoms with Crippen LogP contribution in [0.3, 0.4) is 0 Å². The fourth-order valence-corrected chi connectivity index (χ4v) is 2.70. The van der Waals surface area contributed by atoms with E-state index in [1.54, 1.807) is 0 Å². The number of nitrogens with one attached hydrogen (secondary N) is 1. The van der Waals surface area contributed by atoms with Crippen molar-refractivity contribution in [2.24, 2.45) is 5.41 Å². The SMILES string of the molecule is CC1(C)CCC(Nc2ccc(I)cc2)C1. The minimum absolute atomic E-state index is 0.529. The minimum atomic E-state index is 0.529. The Labute approximate surface area is 106 Å². The first kappa shape index (κ1) is 11.2. The largest absolute Gasteiger partial charge is 0.382 e. The van der Waals surface area contributed by atoms with Crippen molar-refractivity contribution < 1.29 is 0 Å². The van der Waals surface area contributed by atoms with E-state index in [0.717, 1.165) is 0 Å². The van der Waals surface area contributed by atoms with E-state index in [9.17, 15) is 0 Å². The van der Waals surface area contributed by atoms with Crippen LogP contribution in [0.4, 0.5) is 5.69 Å². The van der Waals surface area contributed by atoms with E-state index in [-0.39, 0.29) is 0 Å². The Morgan fingerprint density at radius 1 is 1.27 bits per heavy atom. The van der Waals surface area contributed by atoms with E-state index in [1.165, 1.54) is 28.5 Å². The first-order chi connectivity index (χ1) is 7.05. The van der Waals surface area contributed by atoms with Gasteiger partial charge in [0.25, 0.3) is 0 Å². The summed E-state index contributed by atoms with van der Waals surface area (Å²) in [7, 11) is 0. The lowest BCUT2D eigenvalue weighted by Crippen LogP contribution is -2.17. The van der Waals surface area contributed by atoms with Crippen molar-refractivity contribution in [2.45, 2.75) is 39.2 Å². The molecule has 1 aliphatic carbocycles. The molecule has 0 radical (unpaired) electrons. The zero-order valence-electron chi connectivity index (χ0n) is 9.39. The molecule has 82 valence electrons. The molecule has 0 heterocycles. The van der Waals surface area contributed by atoms with E-state index in [1.807, 2.05) is 0 Å². The number of rotatable bonds is 2. The molecule has 1 nitrogen and oxygen atoms in total. The van der Waals surface area contributed by atoms with Gasteiger partial charge in [-0.1, -0.05) is 13.8 Å². The standard InChI is InChI=1S/C13H18IN/c1-13(2)8-7-12(9-13)15-11-5-3-10(14)4-6-11/h3-6,12,15H,7-9H2,1-2H3. The smallest absolute Gasteiger partial charge is 0.0343 e. The van der Waals surface area contributed by atoms with Gasteiger partial charge in [-0.05, 0) is 71.5 Å². The predicted octanol–water partition coefficient (Wildman–Crippen LogP) is 4.28. The summed E-state index contributed by atoms with van der Waals surface area (Å²) >= 11 is 2.34. The Balaban J connectivity index is 1.96. The quantitative estimate of drug-likeness (QED) is 0.803. The molecule has 15 heavy (non-hydrogen) atoms.